The van der Waals surface area contributed by atoms with E-state index >= 15 is 0 Å². The Balaban J connectivity index is 1.91. The van der Waals surface area contributed by atoms with Crippen LogP contribution in [-0.2, 0) is 16.1 Å². The Morgan fingerprint density at radius 1 is 1.39 bits per heavy atom. The first-order valence-electron chi connectivity index (χ1n) is 6.63. The summed E-state index contributed by atoms with van der Waals surface area (Å²) in [6, 6.07) is 0. The summed E-state index contributed by atoms with van der Waals surface area (Å²) >= 11 is 0. The van der Waals surface area contributed by atoms with Gasteiger partial charge in [0.15, 0.2) is 0 Å². The number of carboxylic acid groups (broad SMARTS) is 1. The maximum atomic E-state index is 11.2. The van der Waals surface area contributed by atoms with Crippen LogP contribution >= 0.6 is 0 Å². The number of fused-ring (bicyclic) bond motifs is 1. The zero-order valence-electron chi connectivity index (χ0n) is 10.3. The Bertz CT molecular complexity index is 449. The number of imidazole rings is 1. The van der Waals surface area contributed by atoms with Crippen LogP contribution in [0.1, 0.15) is 49.0 Å². The monoisotopic (exact) mass is 250 g/mol. The largest absolute Gasteiger partial charge is 0.481 e. The van der Waals surface area contributed by atoms with Gasteiger partial charge in [-0.15, -0.1) is 0 Å². The molecule has 0 amide bonds. The minimum Gasteiger partial charge on any atom is -0.481 e. The number of nitrogens with zero attached hydrogens (tertiary/aromatic N) is 2. The van der Waals surface area contributed by atoms with Crippen LogP contribution in [0.25, 0.3) is 0 Å². The summed E-state index contributed by atoms with van der Waals surface area (Å²) in [6.45, 7) is 2.48. The van der Waals surface area contributed by atoms with E-state index in [0.29, 0.717) is 5.92 Å². The third-order valence-corrected chi connectivity index (χ3v) is 4.03. The molecular weight excluding hydrogens is 232 g/mol. The Labute approximate surface area is 106 Å². The summed E-state index contributed by atoms with van der Waals surface area (Å²) < 4.78 is 7.51. The van der Waals surface area contributed by atoms with Gasteiger partial charge in [0, 0.05) is 31.9 Å². The number of rotatable bonds is 2. The van der Waals surface area contributed by atoms with Crippen molar-refractivity contribution in [2.45, 2.75) is 44.1 Å². The molecule has 3 heterocycles. The standard InChI is InChI=1S/C13H18N2O3/c16-13(17)10-2-1-5-15-11(10)8-14-12(15)9-3-6-18-7-4-9/h8-10H,1-7H2,(H,16,17). The van der Waals surface area contributed by atoms with E-state index in [0.717, 1.165) is 57.0 Å². The van der Waals surface area contributed by atoms with Crippen molar-refractivity contribution in [3.8, 4) is 0 Å². The smallest absolute Gasteiger partial charge is 0.312 e. The third-order valence-electron chi connectivity index (χ3n) is 4.03. The van der Waals surface area contributed by atoms with Crippen LogP contribution in [0.4, 0.5) is 0 Å². The number of carbonyl (C=O) groups is 1. The number of carboxylic acids is 1. The van der Waals surface area contributed by atoms with Crippen molar-refractivity contribution in [3.63, 3.8) is 0 Å². The molecule has 0 bridgehead atoms. The zero-order chi connectivity index (χ0) is 12.5. The molecule has 1 unspecified atom stereocenters. The Kier molecular flexibility index (Phi) is 3.07. The van der Waals surface area contributed by atoms with E-state index in [-0.39, 0.29) is 5.92 Å². The highest BCUT2D eigenvalue weighted by Crippen LogP contribution is 2.33. The average molecular weight is 250 g/mol. The molecule has 1 aromatic rings. The Hall–Kier alpha value is -1.36. The molecule has 3 rings (SSSR count). The second-order valence-corrected chi connectivity index (χ2v) is 5.11. The first kappa shape index (κ1) is 11.7. The van der Waals surface area contributed by atoms with E-state index < -0.39 is 5.97 Å². The number of hydrogen-bond acceptors (Lipinski definition) is 3. The summed E-state index contributed by atoms with van der Waals surface area (Å²) in [4.78, 5) is 15.7. The topological polar surface area (TPSA) is 64.3 Å². The highest BCUT2D eigenvalue weighted by atomic mass is 16.5. The average Bonchev–Trinajstić information content (AvgIpc) is 2.83. The van der Waals surface area contributed by atoms with E-state index in [1.54, 1.807) is 6.20 Å². The van der Waals surface area contributed by atoms with Crippen LogP contribution in [0.5, 0.6) is 0 Å². The fraction of sp³-hybridized carbons (Fsp3) is 0.692. The SMILES string of the molecule is O=C(O)C1CCCn2c1cnc2C1CCOCC1. The van der Waals surface area contributed by atoms with Crippen molar-refractivity contribution in [2.75, 3.05) is 13.2 Å². The lowest BCUT2D eigenvalue weighted by Crippen LogP contribution is -2.25. The molecule has 0 aromatic carbocycles. The lowest BCUT2D eigenvalue weighted by atomic mass is 9.95. The number of aliphatic carboxylic acids is 1. The van der Waals surface area contributed by atoms with Gasteiger partial charge >= 0.3 is 5.97 Å². The van der Waals surface area contributed by atoms with Crippen molar-refractivity contribution in [1.82, 2.24) is 9.55 Å². The molecule has 1 atom stereocenters. The fourth-order valence-electron chi connectivity index (χ4n) is 3.06. The summed E-state index contributed by atoms with van der Waals surface area (Å²) in [6.07, 6.45) is 5.41. The molecule has 0 radical (unpaired) electrons. The van der Waals surface area contributed by atoms with Crippen LogP contribution in [-0.4, -0.2) is 33.8 Å². The van der Waals surface area contributed by atoms with Gasteiger partial charge in [-0.3, -0.25) is 4.79 Å². The van der Waals surface area contributed by atoms with Crippen LogP contribution < -0.4 is 0 Å². The van der Waals surface area contributed by atoms with Gasteiger partial charge in [0.2, 0.25) is 0 Å². The van der Waals surface area contributed by atoms with Crippen molar-refractivity contribution in [3.05, 3.63) is 17.7 Å². The number of aromatic nitrogens is 2. The van der Waals surface area contributed by atoms with Crippen molar-refractivity contribution in [2.24, 2.45) is 0 Å². The normalized spacial score (nSPS) is 24.8. The van der Waals surface area contributed by atoms with Gasteiger partial charge in [-0.05, 0) is 25.7 Å². The fourth-order valence-corrected chi connectivity index (χ4v) is 3.06. The minimum atomic E-state index is -0.727. The van der Waals surface area contributed by atoms with Crippen LogP contribution in [0, 0.1) is 0 Å². The van der Waals surface area contributed by atoms with Gasteiger partial charge < -0.3 is 14.4 Å². The summed E-state index contributed by atoms with van der Waals surface area (Å²) in [5.41, 5.74) is 0.884. The molecule has 1 saturated heterocycles. The Morgan fingerprint density at radius 2 is 2.17 bits per heavy atom. The second-order valence-electron chi connectivity index (χ2n) is 5.11. The summed E-state index contributed by atoms with van der Waals surface area (Å²) in [5.74, 6) is 0.397. The van der Waals surface area contributed by atoms with Crippen LogP contribution in [0.2, 0.25) is 0 Å². The molecule has 0 spiro atoms. The van der Waals surface area contributed by atoms with Crippen molar-refractivity contribution >= 4 is 5.97 Å². The second kappa shape index (κ2) is 4.72. The number of ether oxygens (including phenoxy) is 1. The number of hydrogen-bond donors (Lipinski definition) is 1. The molecule has 1 aromatic heterocycles. The molecule has 2 aliphatic heterocycles. The predicted octanol–water partition coefficient (Wildman–Crippen LogP) is 1.74. The molecule has 2 aliphatic rings. The first-order valence-corrected chi connectivity index (χ1v) is 6.63. The molecule has 18 heavy (non-hydrogen) atoms. The van der Waals surface area contributed by atoms with Crippen LogP contribution in [0.15, 0.2) is 6.20 Å². The third kappa shape index (κ3) is 1.92. The summed E-state index contributed by atoms with van der Waals surface area (Å²) in [5, 5.41) is 9.24. The van der Waals surface area contributed by atoms with Gasteiger partial charge in [0.1, 0.15) is 5.82 Å². The predicted molar refractivity (Wildman–Crippen MR) is 64.6 cm³/mol. The molecule has 0 aliphatic carbocycles. The van der Waals surface area contributed by atoms with E-state index in [9.17, 15) is 9.90 Å². The first-order chi connectivity index (χ1) is 8.77. The Morgan fingerprint density at radius 3 is 2.89 bits per heavy atom. The highest BCUT2D eigenvalue weighted by molar-refractivity contribution is 5.75. The van der Waals surface area contributed by atoms with Gasteiger partial charge in [-0.2, -0.15) is 0 Å². The molecule has 1 N–H and O–H groups in total. The van der Waals surface area contributed by atoms with Crippen LogP contribution in [0.3, 0.4) is 0 Å². The van der Waals surface area contributed by atoms with E-state index in [2.05, 4.69) is 9.55 Å². The molecule has 5 nitrogen and oxygen atoms in total. The molecule has 5 heteroatoms. The lowest BCUT2D eigenvalue weighted by Gasteiger charge is -2.26. The molecule has 1 fully saturated rings. The highest BCUT2D eigenvalue weighted by Gasteiger charge is 2.31. The summed E-state index contributed by atoms with van der Waals surface area (Å²) in [7, 11) is 0. The maximum Gasteiger partial charge on any atom is 0.312 e. The maximum absolute atomic E-state index is 11.2. The van der Waals surface area contributed by atoms with E-state index in [1.807, 2.05) is 0 Å². The zero-order valence-corrected chi connectivity index (χ0v) is 10.3. The molecular formula is C13H18N2O3. The van der Waals surface area contributed by atoms with Gasteiger partial charge in [0.05, 0.1) is 11.6 Å². The van der Waals surface area contributed by atoms with Gasteiger partial charge in [-0.25, -0.2) is 4.98 Å². The van der Waals surface area contributed by atoms with E-state index in [4.69, 9.17) is 4.74 Å². The van der Waals surface area contributed by atoms with Gasteiger partial charge in [-0.1, -0.05) is 0 Å². The molecule has 98 valence electrons. The van der Waals surface area contributed by atoms with Crippen molar-refractivity contribution in [1.29, 1.82) is 0 Å². The molecule has 0 saturated carbocycles. The quantitative estimate of drug-likeness (QED) is 0.868. The van der Waals surface area contributed by atoms with Gasteiger partial charge in [0.25, 0.3) is 0 Å². The lowest BCUT2D eigenvalue weighted by molar-refractivity contribution is -0.139. The minimum absolute atomic E-state index is 0.375. The van der Waals surface area contributed by atoms with E-state index in [1.165, 1.54) is 0 Å². The van der Waals surface area contributed by atoms with Crippen molar-refractivity contribution < 1.29 is 14.6 Å².